The summed E-state index contributed by atoms with van der Waals surface area (Å²) in [7, 11) is 0. The molecule has 0 spiro atoms. The van der Waals surface area contributed by atoms with E-state index in [9.17, 15) is 15.0 Å². The van der Waals surface area contributed by atoms with Gasteiger partial charge in [0.15, 0.2) is 5.60 Å². The number of aliphatic carboxylic acids is 1. The highest BCUT2D eigenvalue weighted by Gasteiger charge is 2.43. The van der Waals surface area contributed by atoms with Crippen molar-refractivity contribution in [2.45, 2.75) is 70.4 Å². The Kier molecular flexibility index (Phi) is 5.86. The number of aryl methyl sites for hydroxylation is 1. The van der Waals surface area contributed by atoms with Crippen molar-refractivity contribution in [1.82, 2.24) is 4.98 Å². The molecule has 6 nitrogen and oxygen atoms in total. The van der Waals surface area contributed by atoms with Crippen molar-refractivity contribution in [3.8, 4) is 0 Å². The first-order chi connectivity index (χ1) is 12.8. The number of carboxylic acid groups (broad SMARTS) is 1. The number of furan rings is 1. The van der Waals surface area contributed by atoms with Gasteiger partial charge in [0.1, 0.15) is 11.3 Å². The van der Waals surface area contributed by atoms with Crippen molar-refractivity contribution in [1.29, 1.82) is 0 Å². The normalized spacial score (nSPS) is 18.0. The summed E-state index contributed by atoms with van der Waals surface area (Å²) in [6, 6.07) is 2.84. The van der Waals surface area contributed by atoms with E-state index in [1.165, 1.54) is 12.8 Å². The van der Waals surface area contributed by atoms with E-state index < -0.39 is 17.6 Å². The number of pyridine rings is 1. The van der Waals surface area contributed by atoms with E-state index in [2.05, 4.69) is 4.98 Å². The van der Waals surface area contributed by atoms with Crippen molar-refractivity contribution >= 4 is 16.9 Å². The Balaban J connectivity index is 1.82. The summed E-state index contributed by atoms with van der Waals surface area (Å²) in [5, 5.41) is 21.3. The molecule has 0 bridgehead atoms. The predicted molar refractivity (Wildman–Crippen MR) is 103 cm³/mol. The first-order valence-corrected chi connectivity index (χ1v) is 9.87. The minimum Gasteiger partial charge on any atom is -0.479 e. The lowest BCUT2D eigenvalue weighted by Crippen LogP contribution is -2.55. The van der Waals surface area contributed by atoms with E-state index in [-0.39, 0.29) is 6.42 Å². The minimum atomic E-state index is -2.05. The Morgan fingerprint density at radius 2 is 2.15 bits per heavy atom. The largest absolute Gasteiger partial charge is 0.479 e. The number of hydrogen-bond donors (Lipinski definition) is 3. The molecule has 2 heterocycles. The molecule has 148 valence electrons. The van der Waals surface area contributed by atoms with Gasteiger partial charge in [0.05, 0.1) is 5.69 Å². The van der Waals surface area contributed by atoms with Crippen LogP contribution in [0.15, 0.2) is 22.7 Å². The van der Waals surface area contributed by atoms with Gasteiger partial charge in [-0.05, 0) is 43.2 Å². The van der Waals surface area contributed by atoms with E-state index >= 15 is 0 Å². The third-order valence-electron chi connectivity index (χ3n) is 5.55. The average molecular weight is 374 g/mol. The summed E-state index contributed by atoms with van der Waals surface area (Å²) in [5.74, 6) is 0.773. The lowest BCUT2D eigenvalue weighted by molar-refractivity contribution is -0.161. The van der Waals surface area contributed by atoms with Crippen LogP contribution in [0.2, 0.25) is 0 Å². The molecule has 0 saturated heterocycles. The lowest BCUT2D eigenvalue weighted by Gasteiger charge is -2.30. The van der Waals surface area contributed by atoms with Crippen LogP contribution in [-0.4, -0.2) is 32.8 Å². The molecule has 1 aliphatic carbocycles. The van der Waals surface area contributed by atoms with Crippen LogP contribution in [0.4, 0.5) is 0 Å². The molecule has 2 aromatic rings. The molecule has 1 fully saturated rings. The Morgan fingerprint density at radius 1 is 1.41 bits per heavy atom. The standard InChI is InChI=1S/C21H30N2O4/c1-13(2)3-8-19(22)21(26,20(24)25)12-17-16-11-15(7-6-14-4-5-14)27-18(16)9-10-23-17/h9-11,13-14,19,26H,3-8,12,22H2,1-2H3,(H,24,25). The molecule has 0 aliphatic heterocycles. The van der Waals surface area contributed by atoms with Crippen molar-refractivity contribution in [3.63, 3.8) is 0 Å². The van der Waals surface area contributed by atoms with Gasteiger partial charge in [-0.25, -0.2) is 4.79 Å². The van der Waals surface area contributed by atoms with Crippen LogP contribution in [0.3, 0.4) is 0 Å². The maximum absolute atomic E-state index is 11.9. The zero-order valence-corrected chi connectivity index (χ0v) is 16.1. The number of carbonyl (C=O) groups is 1. The number of nitrogens with two attached hydrogens (primary N) is 1. The smallest absolute Gasteiger partial charge is 0.337 e. The van der Waals surface area contributed by atoms with Crippen LogP contribution in [0.1, 0.15) is 57.4 Å². The van der Waals surface area contributed by atoms with Gasteiger partial charge in [0.25, 0.3) is 0 Å². The maximum atomic E-state index is 11.9. The highest BCUT2D eigenvalue weighted by atomic mass is 16.4. The highest BCUT2D eigenvalue weighted by Crippen LogP contribution is 2.34. The van der Waals surface area contributed by atoms with Crippen LogP contribution in [-0.2, 0) is 17.6 Å². The second-order valence-corrected chi connectivity index (χ2v) is 8.35. The van der Waals surface area contributed by atoms with Gasteiger partial charge in [-0.15, -0.1) is 0 Å². The van der Waals surface area contributed by atoms with Crippen LogP contribution >= 0.6 is 0 Å². The topological polar surface area (TPSA) is 110 Å². The fraction of sp³-hybridized carbons (Fsp3) is 0.619. The Labute approximate surface area is 159 Å². The van der Waals surface area contributed by atoms with Gasteiger partial charge in [-0.1, -0.05) is 26.7 Å². The Morgan fingerprint density at radius 3 is 2.78 bits per heavy atom. The van der Waals surface area contributed by atoms with Crippen LogP contribution in [0.5, 0.6) is 0 Å². The molecule has 2 unspecified atom stereocenters. The summed E-state index contributed by atoms with van der Waals surface area (Å²) >= 11 is 0. The molecule has 27 heavy (non-hydrogen) atoms. The SMILES string of the molecule is CC(C)CCC(N)C(O)(Cc1nccc2oc(CCC3CC3)cc12)C(=O)O. The average Bonchev–Trinajstić information content (AvgIpc) is 3.35. The minimum absolute atomic E-state index is 0.138. The molecule has 0 aromatic carbocycles. The fourth-order valence-electron chi connectivity index (χ4n) is 3.46. The van der Waals surface area contributed by atoms with Gasteiger partial charge in [-0.2, -0.15) is 0 Å². The highest BCUT2D eigenvalue weighted by molar-refractivity contribution is 5.83. The number of carboxylic acids is 1. The molecule has 4 N–H and O–H groups in total. The summed E-state index contributed by atoms with van der Waals surface area (Å²) in [6.07, 6.45) is 7.23. The lowest BCUT2D eigenvalue weighted by atomic mass is 9.85. The summed E-state index contributed by atoms with van der Waals surface area (Å²) in [6.45, 7) is 4.09. The van der Waals surface area contributed by atoms with E-state index in [1.54, 1.807) is 12.3 Å². The van der Waals surface area contributed by atoms with Gasteiger partial charge >= 0.3 is 5.97 Å². The maximum Gasteiger partial charge on any atom is 0.337 e. The third-order valence-corrected chi connectivity index (χ3v) is 5.55. The quantitative estimate of drug-likeness (QED) is 0.589. The molecule has 6 heteroatoms. The molecule has 1 aliphatic rings. The summed E-state index contributed by atoms with van der Waals surface area (Å²) in [4.78, 5) is 16.2. The van der Waals surface area contributed by atoms with Gasteiger partial charge in [0.2, 0.25) is 0 Å². The van der Waals surface area contributed by atoms with Crippen LogP contribution in [0, 0.1) is 11.8 Å². The van der Waals surface area contributed by atoms with Gasteiger partial charge in [0, 0.05) is 30.5 Å². The molecule has 3 rings (SSSR count). The zero-order valence-electron chi connectivity index (χ0n) is 16.1. The van der Waals surface area contributed by atoms with Gasteiger partial charge in [-0.3, -0.25) is 4.98 Å². The van der Waals surface area contributed by atoms with Crippen molar-refractivity contribution < 1.29 is 19.4 Å². The molecule has 0 radical (unpaired) electrons. The van der Waals surface area contributed by atoms with Crippen LogP contribution < -0.4 is 5.73 Å². The summed E-state index contributed by atoms with van der Waals surface area (Å²) in [5.41, 5.74) is 5.24. The number of fused-ring (bicyclic) bond motifs is 1. The fourth-order valence-corrected chi connectivity index (χ4v) is 3.46. The van der Waals surface area contributed by atoms with E-state index in [1.807, 2.05) is 19.9 Å². The second-order valence-electron chi connectivity index (χ2n) is 8.35. The second kappa shape index (κ2) is 7.98. The number of aliphatic hydroxyl groups is 1. The first kappa shape index (κ1) is 19.8. The molecule has 2 atom stereocenters. The third kappa shape index (κ3) is 4.68. The summed E-state index contributed by atoms with van der Waals surface area (Å²) < 4.78 is 5.90. The molecule has 0 amide bonds. The van der Waals surface area contributed by atoms with Crippen molar-refractivity contribution in [2.24, 2.45) is 17.6 Å². The van der Waals surface area contributed by atoms with E-state index in [0.717, 1.165) is 36.3 Å². The van der Waals surface area contributed by atoms with Gasteiger partial charge < -0.3 is 20.4 Å². The molecule has 1 saturated carbocycles. The number of nitrogens with zero attached hydrogens (tertiary/aromatic N) is 1. The zero-order chi connectivity index (χ0) is 19.6. The Bertz CT molecular complexity index is 797. The Hall–Kier alpha value is -1.92. The monoisotopic (exact) mass is 374 g/mol. The van der Waals surface area contributed by atoms with E-state index in [0.29, 0.717) is 23.6 Å². The number of aromatic nitrogens is 1. The first-order valence-electron chi connectivity index (χ1n) is 9.87. The molecular formula is C21H30N2O4. The van der Waals surface area contributed by atoms with Crippen molar-refractivity contribution in [3.05, 3.63) is 29.8 Å². The van der Waals surface area contributed by atoms with Crippen LogP contribution in [0.25, 0.3) is 11.0 Å². The number of hydrogen-bond acceptors (Lipinski definition) is 5. The molecule has 2 aromatic heterocycles. The van der Waals surface area contributed by atoms with Crippen molar-refractivity contribution in [2.75, 3.05) is 0 Å². The number of rotatable bonds is 10. The predicted octanol–water partition coefficient (Wildman–Crippen LogP) is 3.29. The molecular weight excluding hydrogens is 344 g/mol. The van der Waals surface area contributed by atoms with E-state index in [4.69, 9.17) is 10.2 Å².